The summed E-state index contributed by atoms with van der Waals surface area (Å²) in [5, 5.41) is -0.266. The van der Waals surface area contributed by atoms with E-state index in [2.05, 4.69) is 0 Å². The molecule has 1 rings (SSSR count). The van der Waals surface area contributed by atoms with Crippen LogP contribution in [0.2, 0.25) is 0 Å². The van der Waals surface area contributed by atoms with Crippen molar-refractivity contribution < 1.29 is 13.7 Å². The van der Waals surface area contributed by atoms with Crippen molar-refractivity contribution in [1.82, 2.24) is 0 Å². The Bertz CT molecular complexity index is 468. The number of ether oxygens (including phenoxy) is 1. The maximum atomic E-state index is 12.5. The second-order valence-corrected chi connectivity index (χ2v) is 6.36. The minimum atomic E-state index is -1.20. The van der Waals surface area contributed by atoms with E-state index >= 15 is 0 Å². The number of hydrogen-bond donors (Lipinski definition) is 0. The van der Waals surface area contributed by atoms with Gasteiger partial charge >= 0.3 is 5.97 Å². The van der Waals surface area contributed by atoms with Crippen LogP contribution in [-0.2, 0) is 20.3 Å². The molecule has 0 radical (unpaired) electrons. The molecule has 0 saturated heterocycles. The van der Waals surface area contributed by atoms with Crippen LogP contribution in [0.15, 0.2) is 23.1 Å². The minimum Gasteiger partial charge on any atom is -0.469 e. The van der Waals surface area contributed by atoms with E-state index in [1.807, 2.05) is 39.0 Å². The largest absolute Gasteiger partial charge is 0.469 e. The Labute approximate surface area is 111 Å². The smallest absolute Gasteiger partial charge is 0.309 e. The molecule has 0 amide bonds. The van der Waals surface area contributed by atoms with Gasteiger partial charge in [-0.05, 0) is 38.0 Å². The first kappa shape index (κ1) is 14.9. The Morgan fingerprint density at radius 1 is 1.28 bits per heavy atom. The van der Waals surface area contributed by atoms with Crippen molar-refractivity contribution >= 4 is 16.8 Å². The average Bonchev–Trinajstić information content (AvgIpc) is 2.38. The predicted octanol–water partition coefficient (Wildman–Crippen LogP) is 2.61. The highest BCUT2D eigenvalue weighted by Gasteiger charge is 2.27. The molecule has 0 fully saturated rings. The van der Waals surface area contributed by atoms with Crippen molar-refractivity contribution in [3.63, 3.8) is 0 Å². The Morgan fingerprint density at radius 2 is 1.89 bits per heavy atom. The van der Waals surface area contributed by atoms with E-state index in [4.69, 9.17) is 4.74 Å². The zero-order chi connectivity index (χ0) is 13.9. The van der Waals surface area contributed by atoms with Crippen LogP contribution in [0.25, 0.3) is 0 Å². The van der Waals surface area contributed by atoms with Gasteiger partial charge in [0.1, 0.15) is 0 Å². The fourth-order valence-electron chi connectivity index (χ4n) is 1.69. The van der Waals surface area contributed by atoms with Gasteiger partial charge in [-0.3, -0.25) is 9.00 Å². The van der Waals surface area contributed by atoms with E-state index in [0.29, 0.717) is 0 Å². The molecule has 100 valence electrons. The van der Waals surface area contributed by atoms with Crippen molar-refractivity contribution in [3.8, 4) is 0 Å². The molecule has 0 aliphatic rings. The highest BCUT2D eigenvalue weighted by molar-refractivity contribution is 7.85. The average molecular weight is 268 g/mol. The first-order valence-corrected chi connectivity index (χ1v) is 7.15. The first-order chi connectivity index (χ1) is 8.38. The fraction of sp³-hybridized carbons (Fsp3) is 0.500. The molecule has 0 bridgehead atoms. The summed E-state index contributed by atoms with van der Waals surface area (Å²) in [6.45, 7) is 7.47. The van der Waals surface area contributed by atoms with Gasteiger partial charge in [-0.1, -0.05) is 19.1 Å². The lowest BCUT2D eigenvalue weighted by Crippen LogP contribution is -2.28. The molecule has 0 aliphatic carbocycles. The summed E-state index contributed by atoms with van der Waals surface area (Å²) >= 11 is 0. The number of benzene rings is 1. The molecule has 0 N–H and O–H groups in total. The van der Waals surface area contributed by atoms with Crippen molar-refractivity contribution in [2.24, 2.45) is 5.92 Å². The minimum absolute atomic E-state index is 0.266. The number of hydrogen-bond acceptors (Lipinski definition) is 3. The summed E-state index contributed by atoms with van der Waals surface area (Å²) in [4.78, 5) is 12.3. The number of methoxy groups -OCH3 is 1. The maximum absolute atomic E-state index is 12.5. The molecule has 4 heteroatoms. The highest BCUT2D eigenvalue weighted by atomic mass is 32.2. The maximum Gasteiger partial charge on any atom is 0.309 e. The lowest BCUT2D eigenvalue weighted by atomic mass is 10.1. The second-order valence-electron chi connectivity index (χ2n) is 4.58. The van der Waals surface area contributed by atoms with Crippen LogP contribution in [-0.4, -0.2) is 22.5 Å². The number of rotatable bonds is 4. The van der Waals surface area contributed by atoms with Crippen LogP contribution < -0.4 is 0 Å². The molecule has 3 unspecified atom stereocenters. The Morgan fingerprint density at radius 3 is 2.44 bits per heavy atom. The molecule has 3 atom stereocenters. The third-order valence-electron chi connectivity index (χ3n) is 3.18. The Balaban J connectivity index is 3.00. The van der Waals surface area contributed by atoms with Gasteiger partial charge in [0.05, 0.1) is 23.8 Å². The van der Waals surface area contributed by atoms with E-state index < -0.39 is 10.8 Å². The van der Waals surface area contributed by atoms with E-state index in [1.165, 1.54) is 7.11 Å². The normalized spacial score (nSPS) is 15.8. The molecule has 0 saturated carbocycles. The van der Waals surface area contributed by atoms with Crippen LogP contribution >= 0.6 is 0 Å². The van der Waals surface area contributed by atoms with Gasteiger partial charge in [-0.2, -0.15) is 0 Å². The van der Waals surface area contributed by atoms with E-state index in [1.54, 1.807) is 6.92 Å². The first-order valence-electron chi connectivity index (χ1n) is 5.94. The van der Waals surface area contributed by atoms with Gasteiger partial charge in [-0.15, -0.1) is 0 Å². The van der Waals surface area contributed by atoms with Crippen molar-refractivity contribution in [2.45, 2.75) is 37.8 Å². The van der Waals surface area contributed by atoms with Gasteiger partial charge in [-0.25, -0.2) is 0 Å². The van der Waals surface area contributed by atoms with Gasteiger partial charge in [0.2, 0.25) is 0 Å². The van der Waals surface area contributed by atoms with Crippen molar-refractivity contribution in [1.29, 1.82) is 0 Å². The number of aryl methyl sites for hydroxylation is 2. The van der Waals surface area contributed by atoms with Crippen LogP contribution in [0.1, 0.15) is 25.0 Å². The highest BCUT2D eigenvalue weighted by Crippen LogP contribution is 2.22. The number of carbonyl (C=O) groups is 1. The monoisotopic (exact) mass is 268 g/mol. The second kappa shape index (κ2) is 6.14. The Hall–Kier alpha value is -1.16. The fourth-order valence-corrected chi connectivity index (χ4v) is 3.26. The number of carbonyl (C=O) groups excluding carboxylic acids is 1. The third kappa shape index (κ3) is 3.19. The molecule has 0 spiro atoms. The standard InChI is InChI=1S/C14H20O3S/c1-9-6-7-10(2)13(8-9)18(16)12(4)11(3)14(15)17-5/h6-8,11-12H,1-5H3. The molecule has 0 aromatic heterocycles. The molecule has 0 aliphatic heterocycles. The molecule has 1 aromatic carbocycles. The lowest BCUT2D eigenvalue weighted by molar-refractivity contribution is -0.144. The molecular weight excluding hydrogens is 248 g/mol. The summed E-state index contributed by atoms with van der Waals surface area (Å²) in [6, 6.07) is 5.87. The van der Waals surface area contributed by atoms with Crippen LogP contribution in [0, 0.1) is 19.8 Å². The summed E-state index contributed by atoms with van der Waals surface area (Å²) in [7, 11) is 0.150. The topological polar surface area (TPSA) is 43.4 Å². The summed E-state index contributed by atoms with van der Waals surface area (Å²) in [6.07, 6.45) is 0. The van der Waals surface area contributed by atoms with Gasteiger partial charge in [0.15, 0.2) is 0 Å². The zero-order valence-corrected chi connectivity index (χ0v) is 12.3. The van der Waals surface area contributed by atoms with Crippen LogP contribution in [0.5, 0.6) is 0 Å². The third-order valence-corrected chi connectivity index (χ3v) is 5.13. The van der Waals surface area contributed by atoms with Crippen molar-refractivity contribution in [2.75, 3.05) is 7.11 Å². The van der Waals surface area contributed by atoms with E-state index in [-0.39, 0.29) is 17.1 Å². The summed E-state index contributed by atoms with van der Waals surface area (Å²) in [5.41, 5.74) is 2.06. The summed E-state index contributed by atoms with van der Waals surface area (Å²) < 4.78 is 17.2. The van der Waals surface area contributed by atoms with Gasteiger partial charge in [0, 0.05) is 10.1 Å². The quantitative estimate of drug-likeness (QED) is 0.788. The van der Waals surface area contributed by atoms with Gasteiger partial charge < -0.3 is 4.74 Å². The molecule has 3 nitrogen and oxygen atoms in total. The van der Waals surface area contributed by atoms with E-state index in [9.17, 15) is 9.00 Å². The van der Waals surface area contributed by atoms with Crippen molar-refractivity contribution in [3.05, 3.63) is 29.3 Å². The Kier molecular flexibility index (Phi) is 5.08. The summed E-state index contributed by atoms with van der Waals surface area (Å²) in [5.74, 6) is -0.697. The molecular formula is C14H20O3S. The molecule has 18 heavy (non-hydrogen) atoms. The lowest BCUT2D eigenvalue weighted by Gasteiger charge is -2.18. The predicted molar refractivity (Wildman–Crippen MR) is 73.0 cm³/mol. The zero-order valence-electron chi connectivity index (χ0n) is 11.5. The molecule has 1 aromatic rings. The number of esters is 1. The SMILES string of the molecule is COC(=O)C(C)C(C)S(=O)c1cc(C)ccc1C. The van der Waals surface area contributed by atoms with Gasteiger partial charge in [0.25, 0.3) is 0 Å². The van der Waals surface area contributed by atoms with E-state index in [0.717, 1.165) is 16.0 Å². The van der Waals surface area contributed by atoms with Crippen LogP contribution in [0.3, 0.4) is 0 Å². The van der Waals surface area contributed by atoms with Crippen LogP contribution in [0.4, 0.5) is 0 Å². The molecule has 0 heterocycles.